The molecule has 1 aliphatic carbocycles. The standard InChI is InChI=1S/C24H29N5O4S/c1-16-22-20(13-21(17-7-8-17)26-23(22)28(2)27-16)24(30)25-14-18-5-3-4-6-19(18)15-34(31,32)29-9-11-33-12-10-29/h3-6,13,17H,7-12,14-15H2,1-2H3,(H,25,30). The molecule has 0 spiro atoms. The van der Waals surface area contributed by atoms with E-state index in [4.69, 9.17) is 9.72 Å². The van der Waals surface area contributed by atoms with E-state index in [1.165, 1.54) is 4.31 Å². The van der Waals surface area contributed by atoms with E-state index in [9.17, 15) is 13.2 Å². The van der Waals surface area contributed by atoms with Crippen molar-refractivity contribution < 1.29 is 17.9 Å². The Bertz CT molecular complexity index is 1340. The van der Waals surface area contributed by atoms with E-state index in [1.54, 1.807) is 10.7 Å². The zero-order valence-corrected chi connectivity index (χ0v) is 20.3. The van der Waals surface area contributed by atoms with E-state index in [0.29, 0.717) is 49.0 Å². The Hall–Kier alpha value is -2.82. The number of nitrogens with zero attached hydrogens (tertiary/aromatic N) is 4. The molecule has 2 aromatic heterocycles. The summed E-state index contributed by atoms with van der Waals surface area (Å²) < 4.78 is 34.3. The number of amides is 1. The van der Waals surface area contributed by atoms with Crippen molar-refractivity contribution in [2.45, 2.75) is 38.0 Å². The molecule has 1 aliphatic heterocycles. The van der Waals surface area contributed by atoms with Crippen LogP contribution >= 0.6 is 0 Å². The van der Waals surface area contributed by atoms with E-state index in [2.05, 4.69) is 10.4 Å². The summed E-state index contributed by atoms with van der Waals surface area (Å²) in [6, 6.07) is 9.23. The topological polar surface area (TPSA) is 106 Å². The third kappa shape index (κ3) is 4.57. The number of aromatic nitrogens is 3. The summed E-state index contributed by atoms with van der Waals surface area (Å²) in [6.45, 7) is 3.67. The second kappa shape index (κ2) is 9.09. The molecule has 2 aliphatic rings. The van der Waals surface area contributed by atoms with Gasteiger partial charge >= 0.3 is 0 Å². The molecular formula is C24H29N5O4S. The van der Waals surface area contributed by atoms with Crippen molar-refractivity contribution in [1.29, 1.82) is 0 Å². The monoisotopic (exact) mass is 483 g/mol. The van der Waals surface area contributed by atoms with Gasteiger partial charge in [-0.05, 0) is 37.0 Å². The highest BCUT2D eigenvalue weighted by molar-refractivity contribution is 7.88. The lowest BCUT2D eigenvalue weighted by molar-refractivity contribution is 0.0729. The summed E-state index contributed by atoms with van der Waals surface area (Å²) in [4.78, 5) is 18.1. The van der Waals surface area contributed by atoms with E-state index < -0.39 is 10.0 Å². The van der Waals surface area contributed by atoms with Crippen LogP contribution in [0.2, 0.25) is 0 Å². The number of pyridine rings is 1. The summed E-state index contributed by atoms with van der Waals surface area (Å²) in [6.07, 6.45) is 2.17. The maximum atomic E-state index is 13.3. The number of aryl methyl sites for hydroxylation is 2. The number of nitrogens with one attached hydrogen (secondary N) is 1. The predicted molar refractivity (Wildman–Crippen MR) is 128 cm³/mol. The summed E-state index contributed by atoms with van der Waals surface area (Å²) >= 11 is 0. The van der Waals surface area contributed by atoms with Gasteiger partial charge in [-0.15, -0.1) is 0 Å². The third-order valence-electron chi connectivity index (χ3n) is 6.49. The Labute approximate surface area is 199 Å². The molecule has 10 heteroatoms. The highest BCUT2D eigenvalue weighted by atomic mass is 32.2. The quantitative estimate of drug-likeness (QED) is 0.553. The average Bonchev–Trinajstić information content (AvgIpc) is 3.64. The van der Waals surface area contributed by atoms with Crippen LogP contribution in [0.5, 0.6) is 0 Å². The Balaban J connectivity index is 1.37. The first kappa shape index (κ1) is 22.9. The number of morpholine rings is 1. The summed E-state index contributed by atoms with van der Waals surface area (Å²) in [5.74, 6) is 0.0834. The van der Waals surface area contributed by atoms with E-state index in [1.807, 2.05) is 38.2 Å². The molecule has 34 heavy (non-hydrogen) atoms. The molecule has 1 saturated heterocycles. The fourth-order valence-electron chi connectivity index (χ4n) is 4.49. The van der Waals surface area contributed by atoms with Gasteiger partial charge in [0, 0.05) is 38.3 Å². The minimum absolute atomic E-state index is 0.105. The van der Waals surface area contributed by atoms with E-state index in [0.717, 1.165) is 35.2 Å². The maximum Gasteiger partial charge on any atom is 0.252 e. The third-order valence-corrected chi connectivity index (χ3v) is 8.32. The zero-order chi connectivity index (χ0) is 23.9. The molecule has 180 valence electrons. The molecule has 1 N–H and O–H groups in total. The number of carbonyl (C=O) groups is 1. The van der Waals surface area contributed by atoms with Gasteiger partial charge in [0.1, 0.15) is 0 Å². The first-order chi connectivity index (χ1) is 16.3. The smallest absolute Gasteiger partial charge is 0.252 e. The normalized spacial score (nSPS) is 17.2. The number of ether oxygens (including phenoxy) is 1. The van der Waals surface area contributed by atoms with Crippen LogP contribution in [0.1, 0.15) is 51.6 Å². The fourth-order valence-corrected chi connectivity index (χ4v) is 6.05. The lowest BCUT2D eigenvalue weighted by atomic mass is 10.1. The van der Waals surface area contributed by atoms with Gasteiger partial charge in [0.2, 0.25) is 10.0 Å². The number of sulfonamides is 1. The van der Waals surface area contributed by atoms with Crippen molar-refractivity contribution in [2.75, 3.05) is 26.3 Å². The largest absolute Gasteiger partial charge is 0.379 e. The highest BCUT2D eigenvalue weighted by Crippen LogP contribution is 2.40. The van der Waals surface area contributed by atoms with Gasteiger partial charge in [-0.25, -0.2) is 13.4 Å². The molecule has 1 amide bonds. The molecular weight excluding hydrogens is 454 g/mol. The summed E-state index contributed by atoms with van der Waals surface area (Å²) in [5.41, 5.74) is 4.43. The van der Waals surface area contributed by atoms with Crippen molar-refractivity contribution in [3.05, 3.63) is 58.4 Å². The molecule has 0 bridgehead atoms. The van der Waals surface area contributed by atoms with Crippen LogP contribution in [0.15, 0.2) is 30.3 Å². The maximum absolute atomic E-state index is 13.3. The zero-order valence-electron chi connectivity index (χ0n) is 19.5. The average molecular weight is 484 g/mol. The van der Waals surface area contributed by atoms with E-state index in [-0.39, 0.29) is 18.2 Å². The Kier molecular flexibility index (Phi) is 6.13. The Morgan fingerprint density at radius 1 is 1.18 bits per heavy atom. The van der Waals surface area contributed by atoms with Gasteiger partial charge in [-0.1, -0.05) is 24.3 Å². The Morgan fingerprint density at radius 2 is 1.88 bits per heavy atom. The van der Waals surface area contributed by atoms with Crippen LogP contribution in [-0.4, -0.2) is 59.7 Å². The van der Waals surface area contributed by atoms with E-state index >= 15 is 0 Å². The molecule has 3 heterocycles. The molecule has 0 atom stereocenters. The number of carbonyl (C=O) groups excluding carboxylic acids is 1. The van der Waals surface area contributed by atoms with Gasteiger partial charge in [-0.2, -0.15) is 9.40 Å². The Morgan fingerprint density at radius 3 is 2.59 bits per heavy atom. The highest BCUT2D eigenvalue weighted by Gasteiger charge is 2.29. The van der Waals surface area contributed by atoms with Crippen molar-refractivity contribution >= 4 is 27.0 Å². The van der Waals surface area contributed by atoms with Crippen LogP contribution in [0.4, 0.5) is 0 Å². The van der Waals surface area contributed by atoms with Gasteiger partial charge in [0.25, 0.3) is 5.91 Å². The number of hydrogen-bond acceptors (Lipinski definition) is 6. The van der Waals surface area contributed by atoms with Crippen LogP contribution in [0.3, 0.4) is 0 Å². The van der Waals surface area contributed by atoms with Crippen molar-refractivity contribution in [1.82, 2.24) is 24.4 Å². The van der Waals surface area contributed by atoms with Gasteiger partial charge in [0.15, 0.2) is 5.65 Å². The molecule has 1 saturated carbocycles. The minimum Gasteiger partial charge on any atom is -0.379 e. The van der Waals surface area contributed by atoms with Crippen LogP contribution in [0.25, 0.3) is 11.0 Å². The first-order valence-corrected chi connectivity index (χ1v) is 13.2. The number of rotatable bonds is 7. The number of hydrogen-bond donors (Lipinski definition) is 1. The first-order valence-electron chi connectivity index (χ1n) is 11.6. The minimum atomic E-state index is -3.47. The fraction of sp³-hybridized carbons (Fsp3) is 0.458. The number of fused-ring (bicyclic) bond motifs is 1. The molecule has 9 nitrogen and oxygen atoms in total. The van der Waals surface area contributed by atoms with Gasteiger partial charge in [-0.3, -0.25) is 9.48 Å². The second-order valence-electron chi connectivity index (χ2n) is 9.00. The van der Waals surface area contributed by atoms with Gasteiger partial charge in [0.05, 0.1) is 35.6 Å². The number of benzene rings is 1. The SMILES string of the molecule is Cc1nn(C)c2nc(C3CC3)cc(C(=O)NCc3ccccc3CS(=O)(=O)N3CCOCC3)c12. The molecule has 3 aromatic rings. The molecule has 2 fully saturated rings. The van der Waals surface area contributed by atoms with Crippen molar-refractivity contribution in [3.8, 4) is 0 Å². The molecule has 0 radical (unpaired) electrons. The second-order valence-corrected chi connectivity index (χ2v) is 11.0. The van der Waals surface area contributed by atoms with Gasteiger partial charge < -0.3 is 10.1 Å². The van der Waals surface area contributed by atoms with Crippen LogP contribution in [-0.2, 0) is 34.1 Å². The summed E-state index contributed by atoms with van der Waals surface area (Å²) in [7, 11) is -1.63. The molecule has 0 unspecified atom stereocenters. The predicted octanol–water partition coefficient (Wildman–Crippen LogP) is 2.25. The lowest BCUT2D eigenvalue weighted by Crippen LogP contribution is -2.41. The van der Waals surface area contributed by atoms with Crippen molar-refractivity contribution in [2.24, 2.45) is 7.05 Å². The summed E-state index contributed by atoms with van der Waals surface area (Å²) in [5, 5.41) is 8.23. The van der Waals surface area contributed by atoms with Crippen molar-refractivity contribution in [3.63, 3.8) is 0 Å². The van der Waals surface area contributed by atoms with Crippen LogP contribution < -0.4 is 5.32 Å². The lowest BCUT2D eigenvalue weighted by Gasteiger charge is -2.26. The molecule has 1 aromatic carbocycles. The van der Waals surface area contributed by atoms with Crippen LogP contribution in [0, 0.1) is 6.92 Å². The molecule has 5 rings (SSSR count).